The lowest BCUT2D eigenvalue weighted by Crippen LogP contribution is -2.00. The Morgan fingerprint density at radius 2 is 1.17 bits per heavy atom. The molecule has 0 atom stereocenters. The molecule has 0 spiro atoms. The summed E-state index contributed by atoms with van der Waals surface area (Å²) in [5.41, 5.74) is 2.59. The van der Waals surface area contributed by atoms with Crippen LogP contribution in [0.5, 0.6) is 11.5 Å². The Balaban J connectivity index is 1.57. The van der Waals surface area contributed by atoms with Crippen molar-refractivity contribution in [3.63, 3.8) is 0 Å². The Morgan fingerprint density at radius 1 is 0.696 bits per heavy atom. The molecular weight excluding hydrogens is 288 g/mol. The standard InChI is InChI=1S/C20H26O3/c1-21-19-11-3-7-17(15-19)9-5-13-23-14-6-10-18-8-4-12-20(16-18)22-2/h3-4,7-8,11-12,15-16H,5-6,9-10,13-14H2,1-2H3. The minimum absolute atomic E-state index is 0.801. The van der Waals surface area contributed by atoms with Crippen molar-refractivity contribution in [1.82, 2.24) is 0 Å². The average molecular weight is 314 g/mol. The number of aryl methyl sites for hydroxylation is 2. The van der Waals surface area contributed by atoms with Crippen molar-refractivity contribution in [2.75, 3.05) is 27.4 Å². The van der Waals surface area contributed by atoms with E-state index < -0.39 is 0 Å². The molecule has 0 radical (unpaired) electrons. The minimum Gasteiger partial charge on any atom is -0.497 e. The molecule has 0 aliphatic rings. The predicted octanol–water partition coefficient (Wildman–Crippen LogP) is 4.29. The maximum atomic E-state index is 5.73. The van der Waals surface area contributed by atoms with Gasteiger partial charge in [0.2, 0.25) is 0 Å². The number of ether oxygens (including phenoxy) is 3. The molecule has 0 aliphatic heterocycles. The predicted molar refractivity (Wildman–Crippen MR) is 93.4 cm³/mol. The van der Waals surface area contributed by atoms with Gasteiger partial charge in [0.1, 0.15) is 11.5 Å². The number of methoxy groups -OCH3 is 2. The molecule has 0 bridgehead atoms. The minimum atomic E-state index is 0.801. The summed E-state index contributed by atoms with van der Waals surface area (Å²) in [6, 6.07) is 16.4. The lowest BCUT2D eigenvalue weighted by Gasteiger charge is -2.07. The Labute approximate surface area is 139 Å². The second-order valence-corrected chi connectivity index (χ2v) is 5.52. The van der Waals surface area contributed by atoms with Gasteiger partial charge in [-0.1, -0.05) is 24.3 Å². The normalized spacial score (nSPS) is 10.5. The van der Waals surface area contributed by atoms with E-state index >= 15 is 0 Å². The van der Waals surface area contributed by atoms with Crippen LogP contribution in [-0.4, -0.2) is 27.4 Å². The maximum Gasteiger partial charge on any atom is 0.119 e. The molecule has 124 valence electrons. The highest BCUT2D eigenvalue weighted by Crippen LogP contribution is 2.15. The van der Waals surface area contributed by atoms with E-state index in [9.17, 15) is 0 Å². The van der Waals surface area contributed by atoms with Gasteiger partial charge >= 0.3 is 0 Å². The van der Waals surface area contributed by atoms with Crippen molar-refractivity contribution < 1.29 is 14.2 Å². The number of hydrogen-bond donors (Lipinski definition) is 0. The summed E-state index contributed by atoms with van der Waals surface area (Å²) < 4.78 is 16.2. The fourth-order valence-corrected chi connectivity index (χ4v) is 2.51. The second kappa shape index (κ2) is 9.90. The van der Waals surface area contributed by atoms with E-state index in [1.807, 2.05) is 24.3 Å². The van der Waals surface area contributed by atoms with Crippen LogP contribution in [0.1, 0.15) is 24.0 Å². The monoisotopic (exact) mass is 314 g/mol. The number of rotatable bonds is 10. The van der Waals surface area contributed by atoms with Crippen LogP contribution in [0.15, 0.2) is 48.5 Å². The average Bonchev–Trinajstić information content (AvgIpc) is 2.61. The van der Waals surface area contributed by atoms with Crippen molar-refractivity contribution in [3.05, 3.63) is 59.7 Å². The Kier molecular flexibility index (Phi) is 7.47. The molecule has 0 aliphatic carbocycles. The van der Waals surface area contributed by atoms with E-state index in [0.29, 0.717) is 0 Å². The van der Waals surface area contributed by atoms with Crippen molar-refractivity contribution >= 4 is 0 Å². The Bertz CT molecular complexity index is 529. The highest BCUT2D eigenvalue weighted by atomic mass is 16.5. The summed E-state index contributed by atoms with van der Waals surface area (Å²) in [4.78, 5) is 0. The largest absolute Gasteiger partial charge is 0.497 e. The van der Waals surface area contributed by atoms with Crippen molar-refractivity contribution in [2.45, 2.75) is 25.7 Å². The molecule has 2 rings (SSSR count). The van der Waals surface area contributed by atoms with Crippen molar-refractivity contribution in [1.29, 1.82) is 0 Å². The Hall–Kier alpha value is -2.00. The maximum absolute atomic E-state index is 5.73. The second-order valence-electron chi connectivity index (χ2n) is 5.52. The third kappa shape index (κ3) is 6.33. The number of benzene rings is 2. The lowest BCUT2D eigenvalue weighted by atomic mass is 10.1. The van der Waals surface area contributed by atoms with E-state index in [4.69, 9.17) is 14.2 Å². The summed E-state index contributed by atoms with van der Waals surface area (Å²) in [7, 11) is 3.40. The molecule has 0 N–H and O–H groups in total. The molecule has 0 aromatic heterocycles. The zero-order valence-corrected chi connectivity index (χ0v) is 14.1. The summed E-state index contributed by atoms with van der Waals surface area (Å²) >= 11 is 0. The molecule has 0 heterocycles. The molecule has 3 nitrogen and oxygen atoms in total. The number of hydrogen-bond acceptors (Lipinski definition) is 3. The van der Waals surface area contributed by atoms with Gasteiger partial charge < -0.3 is 14.2 Å². The van der Waals surface area contributed by atoms with Gasteiger partial charge in [-0.25, -0.2) is 0 Å². The zero-order chi connectivity index (χ0) is 16.3. The van der Waals surface area contributed by atoms with Crippen LogP contribution in [-0.2, 0) is 17.6 Å². The lowest BCUT2D eigenvalue weighted by molar-refractivity contribution is 0.130. The third-order valence-corrected chi connectivity index (χ3v) is 3.78. The van der Waals surface area contributed by atoms with Crippen LogP contribution in [0.4, 0.5) is 0 Å². The highest BCUT2D eigenvalue weighted by Gasteiger charge is 1.98. The quantitative estimate of drug-likeness (QED) is 0.612. The van der Waals surface area contributed by atoms with Gasteiger partial charge in [-0.3, -0.25) is 0 Å². The first-order chi connectivity index (χ1) is 11.3. The van der Waals surface area contributed by atoms with Crippen LogP contribution in [0.3, 0.4) is 0 Å². The highest BCUT2D eigenvalue weighted by molar-refractivity contribution is 5.29. The van der Waals surface area contributed by atoms with Crippen molar-refractivity contribution in [3.8, 4) is 11.5 Å². The van der Waals surface area contributed by atoms with E-state index in [2.05, 4.69) is 24.3 Å². The van der Waals surface area contributed by atoms with Gasteiger partial charge in [-0.2, -0.15) is 0 Å². The molecule has 0 amide bonds. The van der Waals surface area contributed by atoms with Gasteiger partial charge in [-0.05, 0) is 61.1 Å². The van der Waals surface area contributed by atoms with Gasteiger partial charge in [0.05, 0.1) is 14.2 Å². The topological polar surface area (TPSA) is 27.7 Å². The summed E-state index contributed by atoms with van der Waals surface area (Å²) in [6.45, 7) is 1.60. The third-order valence-electron chi connectivity index (χ3n) is 3.78. The fraction of sp³-hybridized carbons (Fsp3) is 0.400. The smallest absolute Gasteiger partial charge is 0.119 e. The van der Waals surface area contributed by atoms with Crippen LogP contribution >= 0.6 is 0 Å². The SMILES string of the molecule is COc1cccc(CCCOCCCc2cccc(OC)c2)c1. The van der Waals surface area contributed by atoms with Crippen LogP contribution in [0.25, 0.3) is 0 Å². The first-order valence-electron chi connectivity index (χ1n) is 8.15. The molecule has 0 saturated heterocycles. The summed E-state index contributed by atoms with van der Waals surface area (Å²) in [6.07, 6.45) is 4.11. The van der Waals surface area contributed by atoms with Crippen LogP contribution in [0.2, 0.25) is 0 Å². The van der Waals surface area contributed by atoms with E-state index in [0.717, 1.165) is 50.4 Å². The van der Waals surface area contributed by atoms with E-state index in [1.54, 1.807) is 14.2 Å². The summed E-state index contributed by atoms with van der Waals surface area (Å²) in [5, 5.41) is 0. The first-order valence-corrected chi connectivity index (χ1v) is 8.15. The molecule has 2 aromatic rings. The van der Waals surface area contributed by atoms with E-state index in [-0.39, 0.29) is 0 Å². The molecule has 0 unspecified atom stereocenters. The Morgan fingerprint density at radius 3 is 1.61 bits per heavy atom. The fourth-order valence-electron chi connectivity index (χ4n) is 2.51. The zero-order valence-electron chi connectivity index (χ0n) is 14.1. The molecule has 2 aromatic carbocycles. The van der Waals surface area contributed by atoms with Gasteiger partial charge in [0.25, 0.3) is 0 Å². The molecule has 0 fully saturated rings. The summed E-state index contributed by atoms with van der Waals surface area (Å²) in [5.74, 6) is 1.84. The molecule has 23 heavy (non-hydrogen) atoms. The molecule has 3 heteroatoms. The first kappa shape index (κ1) is 17.4. The van der Waals surface area contributed by atoms with E-state index in [1.165, 1.54) is 11.1 Å². The van der Waals surface area contributed by atoms with Crippen LogP contribution < -0.4 is 9.47 Å². The van der Waals surface area contributed by atoms with Gasteiger partial charge in [0, 0.05) is 13.2 Å². The molecular formula is C20H26O3. The van der Waals surface area contributed by atoms with Crippen LogP contribution in [0, 0.1) is 0 Å². The molecule has 0 saturated carbocycles. The van der Waals surface area contributed by atoms with Crippen molar-refractivity contribution in [2.24, 2.45) is 0 Å². The van der Waals surface area contributed by atoms with Gasteiger partial charge in [-0.15, -0.1) is 0 Å². The van der Waals surface area contributed by atoms with Gasteiger partial charge in [0.15, 0.2) is 0 Å².